The Labute approximate surface area is 160 Å². The molecule has 9 heteroatoms. The first kappa shape index (κ1) is 18.0. The van der Waals surface area contributed by atoms with Crippen molar-refractivity contribution in [2.75, 3.05) is 20.2 Å². The summed E-state index contributed by atoms with van der Waals surface area (Å²) in [5.41, 5.74) is 0.328. The number of benzene rings is 1. The third kappa shape index (κ3) is 3.42. The number of aromatic amines is 1. The number of hydrogen-bond donors (Lipinski definition) is 1. The highest BCUT2D eigenvalue weighted by Gasteiger charge is 2.28. The molecule has 1 unspecified atom stereocenters. The van der Waals surface area contributed by atoms with Crippen molar-refractivity contribution in [3.05, 3.63) is 58.6 Å². The van der Waals surface area contributed by atoms with Gasteiger partial charge in [-0.25, -0.2) is 14.5 Å². The van der Waals surface area contributed by atoms with Crippen LogP contribution in [0.3, 0.4) is 0 Å². The van der Waals surface area contributed by atoms with E-state index in [1.807, 2.05) is 18.2 Å². The third-order valence-electron chi connectivity index (χ3n) is 4.99. The highest BCUT2D eigenvalue weighted by Crippen LogP contribution is 2.25. The number of rotatable bonds is 5. The monoisotopic (exact) mass is 383 g/mol. The number of likely N-dealkylation sites (tertiary alicyclic amines) is 1. The molecule has 0 radical (unpaired) electrons. The van der Waals surface area contributed by atoms with Crippen molar-refractivity contribution in [1.82, 2.24) is 24.8 Å². The first-order chi connectivity index (χ1) is 13.7. The van der Waals surface area contributed by atoms with Gasteiger partial charge in [-0.15, -0.1) is 0 Å². The standard InChI is InChI=1S/C19H21N5O4/c1-27-15-7-3-2-6-14(15)24-17(21-22-19(24)26)11-13-5-4-10-23(12-13)18(25)16-8-9-20-28-16/h2-3,6-9,13H,4-5,10-12H2,1H3,(H,22,26). The van der Waals surface area contributed by atoms with E-state index >= 15 is 0 Å². The van der Waals surface area contributed by atoms with Crippen LogP contribution in [0.15, 0.2) is 45.8 Å². The summed E-state index contributed by atoms with van der Waals surface area (Å²) < 4.78 is 11.9. The fourth-order valence-electron chi connectivity index (χ4n) is 3.69. The summed E-state index contributed by atoms with van der Waals surface area (Å²) in [6.07, 6.45) is 3.86. The van der Waals surface area contributed by atoms with Gasteiger partial charge in [0.25, 0.3) is 5.91 Å². The third-order valence-corrected chi connectivity index (χ3v) is 4.99. The number of piperidine rings is 1. The van der Waals surface area contributed by atoms with Crippen molar-refractivity contribution in [3.8, 4) is 11.4 Å². The molecule has 1 aromatic carbocycles. The summed E-state index contributed by atoms with van der Waals surface area (Å²) in [6, 6.07) is 8.89. The maximum atomic E-state index is 12.5. The molecule has 1 aliphatic rings. The van der Waals surface area contributed by atoms with Crippen molar-refractivity contribution < 1.29 is 14.1 Å². The fraction of sp³-hybridized carbons (Fsp3) is 0.368. The van der Waals surface area contributed by atoms with Gasteiger partial charge < -0.3 is 14.2 Å². The summed E-state index contributed by atoms with van der Waals surface area (Å²) >= 11 is 0. The van der Waals surface area contributed by atoms with Crippen LogP contribution in [0.4, 0.5) is 0 Å². The normalized spacial score (nSPS) is 16.9. The number of carbonyl (C=O) groups is 1. The van der Waals surface area contributed by atoms with E-state index in [2.05, 4.69) is 15.4 Å². The van der Waals surface area contributed by atoms with Crippen molar-refractivity contribution in [1.29, 1.82) is 0 Å². The number of H-pyrrole nitrogens is 1. The van der Waals surface area contributed by atoms with Crippen molar-refractivity contribution in [3.63, 3.8) is 0 Å². The number of nitrogens with one attached hydrogen (secondary N) is 1. The van der Waals surface area contributed by atoms with Crippen LogP contribution in [-0.2, 0) is 6.42 Å². The Morgan fingerprint density at radius 2 is 2.21 bits per heavy atom. The van der Waals surface area contributed by atoms with Crippen LogP contribution in [0.2, 0.25) is 0 Å². The quantitative estimate of drug-likeness (QED) is 0.718. The minimum absolute atomic E-state index is 0.161. The topological polar surface area (TPSA) is 106 Å². The van der Waals surface area contributed by atoms with Crippen LogP contribution >= 0.6 is 0 Å². The minimum Gasteiger partial charge on any atom is -0.495 e. The second-order valence-electron chi connectivity index (χ2n) is 6.79. The van der Waals surface area contributed by atoms with Crippen LogP contribution < -0.4 is 10.4 Å². The van der Waals surface area contributed by atoms with Crippen molar-refractivity contribution in [2.45, 2.75) is 19.3 Å². The first-order valence-corrected chi connectivity index (χ1v) is 9.17. The van der Waals surface area contributed by atoms with Gasteiger partial charge in [-0.05, 0) is 30.9 Å². The van der Waals surface area contributed by atoms with Crippen LogP contribution in [0.5, 0.6) is 5.75 Å². The van der Waals surface area contributed by atoms with Gasteiger partial charge in [0.2, 0.25) is 5.76 Å². The molecular formula is C19H21N5O4. The Kier molecular flexibility index (Phi) is 4.96. The maximum Gasteiger partial charge on any atom is 0.348 e. The average Bonchev–Trinajstić information content (AvgIpc) is 3.38. The highest BCUT2D eigenvalue weighted by atomic mass is 16.5. The lowest BCUT2D eigenvalue weighted by Crippen LogP contribution is -2.40. The molecule has 1 atom stereocenters. The summed E-state index contributed by atoms with van der Waals surface area (Å²) in [4.78, 5) is 26.7. The van der Waals surface area contributed by atoms with E-state index < -0.39 is 0 Å². The summed E-state index contributed by atoms with van der Waals surface area (Å²) in [6.45, 7) is 1.25. The number of amides is 1. The first-order valence-electron chi connectivity index (χ1n) is 9.17. The predicted octanol–water partition coefficient (Wildman–Crippen LogP) is 1.65. The predicted molar refractivity (Wildman–Crippen MR) is 99.6 cm³/mol. The second kappa shape index (κ2) is 7.71. The summed E-state index contributed by atoms with van der Waals surface area (Å²) in [7, 11) is 1.57. The minimum atomic E-state index is -0.315. The smallest absolute Gasteiger partial charge is 0.348 e. The SMILES string of the molecule is COc1ccccc1-n1c(CC2CCCN(C(=O)c3ccno3)C2)n[nH]c1=O. The molecule has 1 saturated heterocycles. The van der Waals surface area contributed by atoms with Gasteiger partial charge in [0.05, 0.1) is 19.0 Å². The lowest BCUT2D eigenvalue weighted by Gasteiger charge is -2.32. The molecular weight excluding hydrogens is 362 g/mol. The number of ether oxygens (including phenoxy) is 1. The Morgan fingerprint density at radius 3 is 3.00 bits per heavy atom. The van der Waals surface area contributed by atoms with Crippen LogP contribution in [0.1, 0.15) is 29.2 Å². The molecule has 0 bridgehead atoms. The molecule has 4 rings (SSSR count). The number of para-hydroxylation sites is 2. The molecule has 0 saturated carbocycles. The lowest BCUT2D eigenvalue weighted by molar-refractivity contribution is 0.0630. The zero-order valence-corrected chi connectivity index (χ0v) is 15.5. The Bertz CT molecular complexity index is 1010. The molecule has 3 aromatic rings. The Hall–Kier alpha value is -3.36. The fourth-order valence-corrected chi connectivity index (χ4v) is 3.69. The molecule has 1 aliphatic heterocycles. The lowest BCUT2D eigenvalue weighted by atomic mass is 9.94. The zero-order valence-electron chi connectivity index (χ0n) is 15.5. The van der Waals surface area contributed by atoms with Gasteiger partial charge in [-0.3, -0.25) is 4.79 Å². The van der Waals surface area contributed by atoms with E-state index in [0.29, 0.717) is 36.8 Å². The molecule has 1 amide bonds. The molecule has 28 heavy (non-hydrogen) atoms. The molecule has 146 valence electrons. The van der Waals surface area contributed by atoms with Crippen LogP contribution in [0.25, 0.3) is 5.69 Å². The Morgan fingerprint density at radius 1 is 1.36 bits per heavy atom. The average molecular weight is 383 g/mol. The molecule has 1 N–H and O–H groups in total. The van der Waals surface area contributed by atoms with Crippen LogP contribution in [0, 0.1) is 5.92 Å². The molecule has 0 spiro atoms. The van der Waals surface area contributed by atoms with Gasteiger partial charge in [-0.1, -0.05) is 17.3 Å². The molecule has 0 aliphatic carbocycles. The maximum absolute atomic E-state index is 12.5. The van der Waals surface area contributed by atoms with E-state index in [9.17, 15) is 9.59 Å². The van der Waals surface area contributed by atoms with E-state index in [1.54, 1.807) is 24.1 Å². The van der Waals surface area contributed by atoms with E-state index in [-0.39, 0.29) is 23.3 Å². The highest BCUT2D eigenvalue weighted by molar-refractivity contribution is 5.91. The Balaban J connectivity index is 1.55. The van der Waals surface area contributed by atoms with Crippen molar-refractivity contribution in [2.24, 2.45) is 5.92 Å². The molecule has 1 fully saturated rings. The number of hydrogen-bond acceptors (Lipinski definition) is 6. The molecule has 3 heterocycles. The number of nitrogens with zero attached hydrogens (tertiary/aromatic N) is 4. The van der Waals surface area contributed by atoms with Crippen LogP contribution in [-0.4, -0.2) is 50.9 Å². The summed E-state index contributed by atoms with van der Waals surface area (Å²) in [5, 5.41) is 10.4. The van der Waals surface area contributed by atoms with Gasteiger partial charge in [-0.2, -0.15) is 5.10 Å². The van der Waals surface area contributed by atoms with Gasteiger partial charge in [0.15, 0.2) is 0 Å². The van der Waals surface area contributed by atoms with E-state index in [1.165, 1.54) is 10.8 Å². The summed E-state index contributed by atoms with van der Waals surface area (Å²) in [5.74, 6) is 1.48. The van der Waals surface area contributed by atoms with E-state index in [4.69, 9.17) is 9.26 Å². The van der Waals surface area contributed by atoms with Gasteiger partial charge in [0, 0.05) is 25.6 Å². The van der Waals surface area contributed by atoms with Gasteiger partial charge >= 0.3 is 5.69 Å². The molecule has 9 nitrogen and oxygen atoms in total. The van der Waals surface area contributed by atoms with Gasteiger partial charge in [0.1, 0.15) is 11.6 Å². The second-order valence-corrected chi connectivity index (χ2v) is 6.79. The number of methoxy groups -OCH3 is 1. The number of carbonyl (C=O) groups excluding carboxylic acids is 1. The zero-order chi connectivity index (χ0) is 19.5. The largest absolute Gasteiger partial charge is 0.495 e. The van der Waals surface area contributed by atoms with Crippen molar-refractivity contribution >= 4 is 5.91 Å². The molecule has 2 aromatic heterocycles. The van der Waals surface area contributed by atoms with E-state index in [0.717, 1.165) is 12.8 Å². The number of aromatic nitrogens is 4.